The van der Waals surface area contributed by atoms with Crippen LogP contribution in [0.15, 0.2) is 76.6 Å². The quantitative estimate of drug-likeness (QED) is 0.0774. The van der Waals surface area contributed by atoms with Gasteiger partial charge in [0.1, 0.15) is 17.3 Å². The standard InChI is InChI=1S/C29H23ClFN3O4S2/c1-3-38-20-12-10-17(11-13-20)24-23(25(35)18-9-8-16(2)22(31)14-18)26(36)27(37)34(24)28-32-33-29(40-28)39-15-19-6-4-5-7-21(19)30/h4-14,24,35H,3,15H2,1-2H3. The number of aliphatic hydroxyl groups is 1. The first-order chi connectivity index (χ1) is 19.3. The Morgan fingerprint density at radius 2 is 1.88 bits per heavy atom. The zero-order valence-corrected chi connectivity index (χ0v) is 23.8. The third-order valence-corrected chi connectivity index (χ3v) is 8.78. The lowest BCUT2D eigenvalue weighted by Crippen LogP contribution is -2.29. The first-order valence-electron chi connectivity index (χ1n) is 12.3. The lowest BCUT2D eigenvalue weighted by Gasteiger charge is -2.22. The molecule has 0 spiro atoms. The number of carbonyl (C=O) groups is 2. The molecule has 1 saturated heterocycles. The predicted molar refractivity (Wildman–Crippen MR) is 154 cm³/mol. The molecule has 4 aromatic rings. The van der Waals surface area contributed by atoms with Crippen molar-refractivity contribution in [3.8, 4) is 5.75 Å². The minimum absolute atomic E-state index is 0.0882. The first kappa shape index (κ1) is 27.8. The van der Waals surface area contributed by atoms with Crippen LogP contribution in [0.5, 0.6) is 5.75 Å². The van der Waals surface area contributed by atoms with Gasteiger partial charge in [0.05, 0.1) is 18.2 Å². The van der Waals surface area contributed by atoms with Crippen LogP contribution in [0.4, 0.5) is 9.52 Å². The minimum atomic E-state index is -1.02. The average Bonchev–Trinajstić information content (AvgIpc) is 3.52. The van der Waals surface area contributed by atoms with Gasteiger partial charge in [0.25, 0.3) is 5.78 Å². The number of aromatic nitrogens is 2. The van der Waals surface area contributed by atoms with Crippen molar-refractivity contribution in [2.45, 2.75) is 30.0 Å². The highest BCUT2D eigenvalue weighted by molar-refractivity contribution is 8.00. The molecule has 0 radical (unpaired) electrons. The molecule has 1 aliphatic heterocycles. The Balaban J connectivity index is 1.55. The van der Waals surface area contributed by atoms with Crippen LogP contribution in [0, 0.1) is 12.7 Å². The second-order valence-electron chi connectivity index (χ2n) is 8.87. The van der Waals surface area contributed by atoms with Gasteiger partial charge < -0.3 is 9.84 Å². The Morgan fingerprint density at radius 1 is 1.12 bits per heavy atom. The predicted octanol–water partition coefficient (Wildman–Crippen LogP) is 6.96. The summed E-state index contributed by atoms with van der Waals surface area (Å²) in [6.07, 6.45) is 0. The van der Waals surface area contributed by atoms with E-state index in [1.54, 1.807) is 37.3 Å². The molecular formula is C29H23ClFN3O4S2. The number of ether oxygens (including phenoxy) is 1. The molecule has 7 nitrogen and oxygen atoms in total. The number of aryl methyl sites for hydroxylation is 1. The van der Waals surface area contributed by atoms with Crippen molar-refractivity contribution < 1.29 is 23.8 Å². The van der Waals surface area contributed by atoms with Gasteiger partial charge >= 0.3 is 5.91 Å². The average molecular weight is 596 g/mol. The summed E-state index contributed by atoms with van der Waals surface area (Å²) < 4.78 is 20.5. The van der Waals surface area contributed by atoms with Crippen LogP contribution in [-0.2, 0) is 15.3 Å². The number of ketones is 1. The molecular weight excluding hydrogens is 573 g/mol. The van der Waals surface area contributed by atoms with Gasteiger partial charge in [-0.15, -0.1) is 10.2 Å². The molecule has 5 rings (SSSR count). The van der Waals surface area contributed by atoms with Crippen molar-refractivity contribution in [2.75, 3.05) is 11.5 Å². The lowest BCUT2D eigenvalue weighted by atomic mass is 9.95. The first-order valence-corrected chi connectivity index (χ1v) is 14.5. The van der Waals surface area contributed by atoms with Crippen LogP contribution in [0.1, 0.15) is 35.2 Å². The summed E-state index contributed by atoms with van der Waals surface area (Å²) in [7, 11) is 0. The number of Topliss-reactive ketones (excluding diaryl/α,β-unsaturated/α-hetero) is 1. The van der Waals surface area contributed by atoms with E-state index >= 15 is 0 Å². The second kappa shape index (κ2) is 11.8. The number of carbonyl (C=O) groups excluding carboxylic acids is 2. The molecule has 11 heteroatoms. The molecule has 1 N–H and O–H groups in total. The van der Waals surface area contributed by atoms with Gasteiger partial charge in [-0.1, -0.05) is 77.2 Å². The molecule has 204 valence electrons. The molecule has 1 unspecified atom stereocenters. The van der Waals surface area contributed by atoms with Gasteiger partial charge in [-0.05, 0) is 54.8 Å². The summed E-state index contributed by atoms with van der Waals surface area (Å²) in [5.74, 6) is -1.65. The normalized spacial score (nSPS) is 16.5. The number of rotatable bonds is 8. The highest BCUT2D eigenvalue weighted by Crippen LogP contribution is 2.44. The highest BCUT2D eigenvalue weighted by Gasteiger charge is 2.48. The van der Waals surface area contributed by atoms with Crippen LogP contribution >= 0.6 is 34.7 Å². The number of thioether (sulfide) groups is 1. The van der Waals surface area contributed by atoms with Crippen LogP contribution in [-0.4, -0.2) is 33.6 Å². The van der Waals surface area contributed by atoms with Gasteiger partial charge in [0.15, 0.2) is 4.34 Å². The molecule has 1 atom stereocenters. The number of hydrogen-bond acceptors (Lipinski definition) is 8. The molecule has 0 saturated carbocycles. The van der Waals surface area contributed by atoms with E-state index in [1.165, 1.54) is 28.8 Å². The van der Waals surface area contributed by atoms with Crippen molar-refractivity contribution in [3.63, 3.8) is 0 Å². The Morgan fingerprint density at radius 3 is 2.58 bits per heavy atom. The molecule has 3 aromatic carbocycles. The third-order valence-electron chi connectivity index (χ3n) is 6.31. The van der Waals surface area contributed by atoms with E-state index in [0.717, 1.165) is 23.0 Å². The Bertz CT molecular complexity index is 1620. The topological polar surface area (TPSA) is 92.6 Å². The number of anilines is 1. The summed E-state index contributed by atoms with van der Waals surface area (Å²) in [4.78, 5) is 28.0. The van der Waals surface area contributed by atoms with E-state index in [-0.39, 0.29) is 16.3 Å². The number of aliphatic hydroxyl groups excluding tert-OH is 1. The maximum absolute atomic E-state index is 14.4. The minimum Gasteiger partial charge on any atom is -0.507 e. The fourth-order valence-corrected chi connectivity index (χ4v) is 6.42. The van der Waals surface area contributed by atoms with Crippen molar-refractivity contribution in [1.82, 2.24) is 10.2 Å². The summed E-state index contributed by atoms with van der Waals surface area (Å²) in [6.45, 7) is 3.92. The van der Waals surface area contributed by atoms with Crippen LogP contribution in [0.25, 0.3) is 5.76 Å². The fraction of sp³-hybridized carbons (Fsp3) is 0.172. The van der Waals surface area contributed by atoms with E-state index in [4.69, 9.17) is 16.3 Å². The van der Waals surface area contributed by atoms with Crippen molar-refractivity contribution >= 4 is 57.3 Å². The van der Waals surface area contributed by atoms with E-state index < -0.39 is 29.3 Å². The van der Waals surface area contributed by atoms with Crippen LogP contribution < -0.4 is 9.64 Å². The summed E-state index contributed by atoms with van der Waals surface area (Å²) in [5, 5.41) is 20.5. The highest BCUT2D eigenvalue weighted by atomic mass is 35.5. The fourth-order valence-electron chi connectivity index (χ4n) is 4.27. The Hall–Kier alpha value is -3.73. The number of hydrogen-bond donors (Lipinski definition) is 1. The van der Waals surface area contributed by atoms with Gasteiger partial charge in [-0.3, -0.25) is 14.5 Å². The molecule has 1 aliphatic rings. The smallest absolute Gasteiger partial charge is 0.301 e. The maximum atomic E-state index is 14.4. The van der Waals surface area contributed by atoms with Crippen molar-refractivity contribution in [2.24, 2.45) is 0 Å². The molecule has 0 bridgehead atoms. The molecule has 2 heterocycles. The second-order valence-corrected chi connectivity index (χ2v) is 11.5. The Labute approximate surface area is 243 Å². The summed E-state index contributed by atoms with van der Waals surface area (Å²) in [5.41, 5.74) is 1.77. The largest absolute Gasteiger partial charge is 0.507 e. The van der Waals surface area contributed by atoms with Gasteiger partial charge in [-0.25, -0.2) is 4.39 Å². The number of amides is 1. The van der Waals surface area contributed by atoms with E-state index in [1.807, 2.05) is 25.1 Å². The molecule has 0 aliphatic carbocycles. The van der Waals surface area contributed by atoms with Gasteiger partial charge in [0, 0.05) is 16.3 Å². The Kier molecular flexibility index (Phi) is 8.20. The third kappa shape index (κ3) is 5.47. The molecule has 1 aromatic heterocycles. The number of halogens is 2. The monoisotopic (exact) mass is 595 g/mol. The number of nitrogens with zero attached hydrogens (tertiary/aromatic N) is 3. The summed E-state index contributed by atoms with van der Waals surface area (Å²) in [6, 6.07) is 17.4. The molecule has 1 amide bonds. The zero-order valence-electron chi connectivity index (χ0n) is 21.4. The summed E-state index contributed by atoms with van der Waals surface area (Å²) >= 11 is 8.81. The molecule has 40 heavy (non-hydrogen) atoms. The lowest BCUT2D eigenvalue weighted by molar-refractivity contribution is -0.132. The van der Waals surface area contributed by atoms with E-state index in [2.05, 4.69) is 10.2 Å². The van der Waals surface area contributed by atoms with E-state index in [0.29, 0.717) is 38.6 Å². The van der Waals surface area contributed by atoms with Crippen molar-refractivity contribution in [1.29, 1.82) is 0 Å². The van der Waals surface area contributed by atoms with Crippen LogP contribution in [0.2, 0.25) is 5.02 Å². The maximum Gasteiger partial charge on any atom is 0.301 e. The van der Waals surface area contributed by atoms with Gasteiger partial charge in [-0.2, -0.15) is 0 Å². The number of benzene rings is 3. The van der Waals surface area contributed by atoms with E-state index in [9.17, 15) is 19.1 Å². The van der Waals surface area contributed by atoms with Crippen molar-refractivity contribution in [3.05, 3.63) is 105 Å². The molecule has 1 fully saturated rings. The zero-order chi connectivity index (χ0) is 28.4. The van der Waals surface area contributed by atoms with Gasteiger partial charge in [0.2, 0.25) is 5.13 Å². The SMILES string of the molecule is CCOc1ccc(C2C(=C(O)c3ccc(C)c(F)c3)C(=O)C(=O)N2c2nnc(SCc3ccccc3Cl)s2)cc1. The van der Waals surface area contributed by atoms with Crippen LogP contribution in [0.3, 0.4) is 0 Å².